The van der Waals surface area contributed by atoms with Gasteiger partial charge < -0.3 is 14.2 Å². The van der Waals surface area contributed by atoms with Crippen LogP contribution in [0.15, 0.2) is 48.5 Å². The zero-order valence-electron chi connectivity index (χ0n) is 16.0. The van der Waals surface area contributed by atoms with Gasteiger partial charge in [0.05, 0.1) is 26.4 Å². The summed E-state index contributed by atoms with van der Waals surface area (Å²) in [5, 5.41) is 0. The quantitative estimate of drug-likeness (QED) is 0.637. The molecule has 0 N–H and O–H groups in total. The number of ether oxygens (including phenoxy) is 3. The summed E-state index contributed by atoms with van der Waals surface area (Å²) in [6, 6.07) is 16.6. The average Bonchev–Trinajstić information content (AvgIpc) is 3.46. The van der Waals surface area contributed by atoms with Crippen molar-refractivity contribution in [2.75, 3.05) is 20.8 Å². The molecule has 0 radical (unpaired) electrons. The van der Waals surface area contributed by atoms with Crippen LogP contribution in [0.5, 0.6) is 11.5 Å². The number of rotatable bonds is 10. The Labute approximate surface area is 156 Å². The second kappa shape index (κ2) is 9.06. The molecule has 0 aromatic heterocycles. The summed E-state index contributed by atoms with van der Waals surface area (Å²) in [6.45, 7) is 4.85. The molecule has 0 unspecified atom stereocenters. The molecule has 1 aliphatic rings. The lowest BCUT2D eigenvalue weighted by molar-refractivity contribution is 0.0227. The van der Waals surface area contributed by atoms with Crippen molar-refractivity contribution in [1.29, 1.82) is 0 Å². The highest BCUT2D eigenvalue weighted by atomic mass is 16.5. The van der Waals surface area contributed by atoms with Crippen molar-refractivity contribution in [3.63, 3.8) is 0 Å². The Hall–Kier alpha value is -2.04. The second-order valence-corrected chi connectivity index (χ2v) is 7.01. The van der Waals surface area contributed by atoms with E-state index in [1.165, 1.54) is 24.0 Å². The zero-order chi connectivity index (χ0) is 18.4. The third kappa shape index (κ3) is 5.75. The third-order valence-corrected chi connectivity index (χ3v) is 4.59. The van der Waals surface area contributed by atoms with Crippen LogP contribution in [0.25, 0.3) is 0 Å². The molecule has 0 amide bonds. The lowest BCUT2D eigenvalue weighted by Gasteiger charge is -2.26. The number of methoxy groups -OCH3 is 2. The van der Waals surface area contributed by atoms with Gasteiger partial charge in [-0.25, -0.2) is 0 Å². The summed E-state index contributed by atoms with van der Waals surface area (Å²) < 4.78 is 16.6. The minimum Gasteiger partial charge on any atom is -0.497 e. The summed E-state index contributed by atoms with van der Waals surface area (Å²) in [5.74, 6) is 1.78. The van der Waals surface area contributed by atoms with Gasteiger partial charge in [-0.1, -0.05) is 24.3 Å². The van der Waals surface area contributed by atoms with E-state index in [9.17, 15) is 0 Å². The number of hydrogen-bond acceptors (Lipinski definition) is 4. The van der Waals surface area contributed by atoms with Crippen LogP contribution in [0.4, 0.5) is 0 Å². The first-order chi connectivity index (χ1) is 12.7. The Morgan fingerprint density at radius 1 is 0.846 bits per heavy atom. The molecular formula is C22H29NO3. The molecule has 3 rings (SSSR count). The molecule has 1 aliphatic carbocycles. The first kappa shape index (κ1) is 18.7. The highest BCUT2D eigenvalue weighted by Crippen LogP contribution is 2.25. The van der Waals surface area contributed by atoms with E-state index in [1.54, 1.807) is 14.2 Å². The molecule has 0 saturated heterocycles. The summed E-state index contributed by atoms with van der Waals surface area (Å²) in [5.41, 5.74) is 2.55. The molecule has 4 heteroatoms. The SMILES string of the molecule is COc1ccc(CN(Cc2ccc(OC)cc2)C[C@@H](C)OC2CC2)cc1. The van der Waals surface area contributed by atoms with Crippen molar-refractivity contribution in [2.24, 2.45) is 0 Å². The van der Waals surface area contributed by atoms with Gasteiger partial charge in [0.1, 0.15) is 11.5 Å². The maximum atomic E-state index is 6.06. The topological polar surface area (TPSA) is 30.9 Å². The van der Waals surface area contributed by atoms with Gasteiger partial charge in [0.25, 0.3) is 0 Å². The van der Waals surface area contributed by atoms with Crippen LogP contribution in [0, 0.1) is 0 Å². The van der Waals surface area contributed by atoms with E-state index in [-0.39, 0.29) is 6.10 Å². The van der Waals surface area contributed by atoms with Crippen LogP contribution in [0.3, 0.4) is 0 Å². The molecule has 0 bridgehead atoms. The lowest BCUT2D eigenvalue weighted by Crippen LogP contribution is -2.32. The van der Waals surface area contributed by atoms with Crippen molar-refractivity contribution in [1.82, 2.24) is 4.90 Å². The maximum absolute atomic E-state index is 6.06. The average molecular weight is 355 g/mol. The van der Waals surface area contributed by atoms with E-state index >= 15 is 0 Å². The van der Waals surface area contributed by atoms with Crippen molar-refractivity contribution >= 4 is 0 Å². The largest absolute Gasteiger partial charge is 0.497 e. The first-order valence-corrected chi connectivity index (χ1v) is 9.30. The molecule has 2 aromatic carbocycles. The molecule has 0 spiro atoms. The Balaban J connectivity index is 1.66. The van der Waals surface area contributed by atoms with Gasteiger partial charge in [0.2, 0.25) is 0 Å². The first-order valence-electron chi connectivity index (χ1n) is 9.30. The van der Waals surface area contributed by atoms with Crippen LogP contribution in [0.1, 0.15) is 30.9 Å². The van der Waals surface area contributed by atoms with Gasteiger partial charge in [-0.3, -0.25) is 4.90 Å². The minimum absolute atomic E-state index is 0.235. The molecule has 0 aliphatic heterocycles. The van der Waals surface area contributed by atoms with Crippen LogP contribution >= 0.6 is 0 Å². The highest BCUT2D eigenvalue weighted by Gasteiger charge is 2.25. The van der Waals surface area contributed by atoms with Crippen LogP contribution in [0.2, 0.25) is 0 Å². The molecule has 1 atom stereocenters. The predicted molar refractivity (Wildman–Crippen MR) is 104 cm³/mol. The van der Waals surface area contributed by atoms with E-state index in [1.807, 2.05) is 24.3 Å². The maximum Gasteiger partial charge on any atom is 0.118 e. The van der Waals surface area contributed by atoms with Crippen LogP contribution in [-0.4, -0.2) is 37.9 Å². The smallest absolute Gasteiger partial charge is 0.118 e. The fraction of sp³-hybridized carbons (Fsp3) is 0.455. The monoisotopic (exact) mass is 355 g/mol. The predicted octanol–water partition coefficient (Wildman–Crippen LogP) is 4.27. The van der Waals surface area contributed by atoms with Crippen LogP contribution < -0.4 is 9.47 Å². The van der Waals surface area contributed by atoms with Crippen molar-refractivity contribution < 1.29 is 14.2 Å². The van der Waals surface area contributed by atoms with E-state index in [0.717, 1.165) is 31.1 Å². The van der Waals surface area contributed by atoms with E-state index < -0.39 is 0 Å². The summed E-state index contributed by atoms with van der Waals surface area (Å²) in [4.78, 5) is 2.44. The van der Waals surface area contributed by atoms with Crippen molar-refractivity contribution in [2.45, 2.75) is 45.1 Å². The standard InChI is InChI=1S/C22H29NO3/c1-17(26-22-12-13-22)14-23(15-18-4-8-20(24-2)9-5-18)16-19-6-10-21(25-3)11-7-19/h4-11,17,22H,12-16H2,1-3H3/t17-/m1/s1. The third-order valence-electron chi connectivity index (χ3n) is 4.59. The lowest BCUT2D eigenvalue weighted by atomic mass is 10.1. The Morgan fingerprint density at radius 2 is 1.31 bits per heavy atom. The number of hydrogen-bond donors (Lipinski definition) is 0. The number of benzene rings is 2. The normalized spacial score (nSPS) is 15.1. The molecular weight excluding hydrogens is 326 g/mol. The Kier molecular flexibility index (Phi) is 6.53. The zero-order valence-corrected chi connectivity index (χ0v) is 16.0. The fourth-order valence-corrected chi connectivity index (χ4v) is 3.10. The van der Waals surface area contributed by atoms with Crippen LogP contribution in [-0.2, 0) is 17.8 Å². The van der Waals surface area contributed by atoms with E-state index in [2.05, 4.69) is 36.1 Å². The molecule has 26 heavy (non-hydrogen) atoms. The molecule has 140 valence electrons. The van der Waals surface area contributed by atoms with Gasteiger partial charge in [0.15, 0.2) is 0 Å². The summed E-state index contributed by atoms with van der Waals surface area (Å²) in [6.07, 6.45) is 3.13. The molecule has 1 saturated carbocycles. The second-order valence-electron chi connectivity index (χ2n) is 7.01. The van der Waals surface area contributed by atoms with Gasteiger partial charge in [-0.05, 0) is 55.2 Å². The Morgan fingerprint density at radius 3 is 1.69 bits per heavy atom. The van der Waals surface area contributed by atoms with E-state index in [4.69, 9.17) is 14.2 Å². The van der Waals surface area contributed by atoms with Gasteiger partial charge in [0, 0.05) is 19.6 Å². The summed E-state index contributed by atoms with van der Waals surface area (Å²) in [7, 11) is 3.39. The van der Waals surface area contributed by atoms with Gasteiger partial charge in [-0.2, -0.15) is 0 Å². The van der Waals surface area contributed by atoms with E-state index in [0.29, 0.717) is 6.10 Å². The van der Waals surface area contributed by atoms with Crippen molar-refractivity contribution in [3.05, 3.63) is 59.7 Å². The van der Waals surface area contributed by atoms with Gasteiger partial charge >= 0.3 is 0 Å². The molecule has 2 aromatic rings. The molecule has 1 fully saturated rings. The molecule has 0 heterocycles. The summed E-state index contributed by atoms with van der Waals surface area (Å²) >= 11 is 0. The van der Waals surface area contributed by atoms with Gasteiger partial charge in [-0.15, -0.1) is 0 Å². The molecule has 4 nitrogen and oxygen atoms in total. The van der Waals surface area contributed by atoms with Crippen molar-refractivity contribution in [3.8, 4) is 11.5 Å². The Bertz CT molecular complexity index is 615. The fourth-order valence-electron chi connectivity index (χ4n) is 3.10. The number of nitrogens with zero attached hydrogens (tertiary/aromatic N) is 1. The minimum atomic E-state index is 0.235. The highest BCUT2D eigenvalue weighted by molar-refractivity contribution is 5.28.